The molecule has 5 nitrogen and oxygen atoms in total. The molecule has 0 amide bonds. The molecule has 0 unspecified atom stereocenters. The molecule has 0 N–H and O–H groups in total. The van der Waals surface area contributed by atoms with Gasteiger partial charge in [0.25, 0.3) is 5.56 Å². The first-order chi connectivity index (χ1) is 9.79. The van der Waals surface area contributed by atoms with Crippen molar-refractivity contribution >= 4 is 11.2 Å². The molecule has 0 bridgehead atoms. The van der Waals surface area contributed by atoms with Crippen molar-refractivity contribution in [1.29, 1.82) is 0 Å². The van der Waals surface area contributed by atoms with Crippen LogP contribution in [0.25, 0.3) is 11.2 Å². The van der Waals surface area contributed by atoms with Crippen molar-refractivity contribution in [3.63, 3.8) is 0 Å². The smallest absolute Gasteiger partial charge is 0.279 e. The van der Waals surface area contributed by atoms with E-state index in [-0.39, 0.29) is 5.56 Å². The molecule has 100 valence electrons. The molecule has 5 heteroatoms. The Balaban J connectivity index is 2.08. The molecule has 0 aliphatic rings. The summed E-state index contributed by atoms with van der Waals surface area (Å²) < 4.78 is 3.36. The fraction of sp³-hybridized carbons (Fsp3) is 0.133. The molecular weight excluding hydrogens is 252 g/mol. The van der Waals surface area contributed by atoms with E-state index in [4.69, 9.17) is 0 Å². The van der Waals surface area contributed by atoms with E-state index < -0.39 is 0 Å². The second-order valence-electron chi connectivity index (χ2n) is 4.52. The summed E-state index contributed by atoms with van der Waals surface area (Å²) in [6.45, 7) is 4.73. The molecule has 0 spiro atoms. The molecule has 20 heavy (non-hydrogen) atoms. The molecule has 2 aromatic heterocycles. The molecule has 1 aromatic carbocycles. The SMILES string of the molecule is C=CCn1cnc2ncn(Cc3ccccc3)c(=O)c21. The van der Waals surface area contributed by atoms with Gasteiger partial charge in [-0.25, -0.2) is 9.97 Å². The van der Waals surface area contributed by atoms with Gasteiger partial charge in [-0.05, 0) is 5.56 Å². The topological polar surface area (TPSA) is 52.7 Å². The van der Waals surface area contributed by atoms with Gasteiger partial charge in [-0.3, -0.25) is 9.36 Å². The Bertz CT molecular complexity index is 802. The fourth-order valence-corrected chi connectivity index (χ4v) is 2.17. The zero-order valence-corrected chi connectivity index (χ0v) is 10.9. The Kier molecular flexibility index (Phi) is 3.16. The summed E-state index contributed by atoms with van der Waals surface area (Å²) in [5.74, 6) is 0. The highest BCUT2D eigenvalue weighted by Crippen LogP contribution is 2.06. The Morgan fingerprint density at radius 3 is 2.50 bits per heavy atom. The fourth-order valence-electron chi connectivity index (χ4n) is 2.17. The summed E-state index contributed by atoms with van der Waals surface area (Å²) in [6, 6.07) is 9.82. The predicted molar refractivity (Wildman–Crippen MR) is 77.5 cm³/mol. The summed E-state index contributed by atoms with van der Waals surface area (Å²) >= 11 is 0. The summed E-state index contributed by atoms with van der Waals surface area (Å²) in [5.41, 5.74) is 1.97. The lowest BCUT2D eigenvalue weighted by Gasteiger charge is -2.06. The summed E-state index contributed by atoms with van der Waals surface area (Å²) in [7, 11) is 0. The molecular formula is C15H14N4O. The number of nitrogens with zero attached hydrogens (tertiary/aromatic N) is 4. The molecule has 3 rings (SSSR count). The monoisotopic (exact) mass is 266 g/mol. The predicted octanol–water partition coefficient (Wildman–Crippen LogP) is 1.83. The molecule has 0 radical (unpaired) electrons. The maximum absolute atomic E-state index is 12.5. The number of rotatable bonds is 4. The Labute approximate surface area is 115 Å². The highest BCUT2D eigenvalue weighted by Gasteiger charge is 2.10. The van der Waals surface area contributed by atoms with E-state index in [2.05, 4.69) is 16.5 Å². The minimum Gasteiger partial charge on any atom is -0.321 e. The molecule has 0 aliphatic heterocycles. The maximum Gasteiger partial charge on any atom is 0.279 e. The van der Waals surface area contributed by atoms with Crippen LogP contribution < -0.4 is 5.56 Å². The lowest BCUT2D eigenvalue weighted by atomic mass is 10.2. The van der Waals surface area contributed by atoms with Crippen LogP contribution in [0.4, 0.5) is 0 Å². The van der Waals surface area contributed by atoms with Crippen LogP contribution in [0.5, 0.6) is 0 Å². The van der Waals surface area contributed by atoms with Gasteiger partial charge >= 0.3 is 0 Å². The van der Waals surface area contributed by atoms with Crippen molar-refractivity contribution in [3.05, 3.63) is 71.6 Å². The van der Waals surface area contributed by atoms with Gasteiger partial charge in [-0.1, -0.05) is 36.4 Å². The third-order valence-corrected chi connectivity index (χ3v) is 3.12. The van der Waals surface area contributed by atoms with Crippen molar-refractivity contribution < 1.29 is 0 Å². The first-order valence-corrected chi connectivity index (χ1v) is 6.34. The highest BCUT2D eigenvalue weighted by molar-refractivity contribution is 5.69. The normalized spacial score (nSPS) is 10.8. The van der Waals surface area contributed by atoms with Crippen LogP contribution in [-0.4, -0.2) is 19.1 Å². The summed E-state index contributed by atoms with van der Waals surface area (Å²) in [5, 5.41) is 0. The van der Waals surface area contributed by atoms with E-state index in [0.29, 0.717) is 24.3 Å². The van der Waals surface area contributed by atoms with Crippen molar-refractivity contribution in [2.24, 2.45) is 0 Å². The van der Waals surface area contributed by atoms with Crippen molar-refractivity contribution in [2.75, 3.05) is 0 Å². The van der Waals surface area contributed by atoms with Gasteiger partial charge in [0.05, 0.1) is 12.9 Å². The number of benzene rings is 1. The minimum absolute atomic E-state index is 0.0850. The largest absolute Gasteiger partial charge is 0.321 e. The van der Waals surface area contributed by atoms with Crippen molar-refractivity contribution in [2.45, 2.75) is 13.1 Å². The average molecular weight is 266 g/mol. The first-order valence-electron chi connectivity index (χ1n) is 6.34. The van der Waals surface area contributed by atoms with Crippen molar-refractivity contribution in [1.82, 2.24) is 19.1 Å². The zero-order chi connectivity index (χ0) is 13.9. The van der Waals surface area contributed by atoms with Crippen LogP contribution in [0.1, 0.15) is 5.56 Å². The number of allylic oxidation sites excluding steroid dienone is 1. The standard InChI is InChI=1S/C15H14N4O/c1-2-8-18-10-16-14-13(18)15(20)19(11-17-14)9-12-6-4-3-5-7-12/h2-7,10-11H,1,8-9H2. The molecule has 3 aromatic rings. The van der Waals surface area contributed by atoms with Gasteiger partial charge in [0.15, 0.2) is 11.2 Å². The van der Waals surface area contributed by atoms with Crippen LogP contribution in [-0.2, 0) is 13.1 Å². The van der Waals surface area contributed by atoms with Gasteiger partial charge in [0, 0.05) is 6.54 Å². The highest BCUT2D eigenvalue weighted by atomic mass is 16.1. The molecule has 2 heterocycles. The van der Waals surface area contributed by atoms with Gasteiger partial charge in [-0.15, -0.1) is 6.58 Å². The minimum atomic E-state index is -0.0850. The summed E-state index contributed by atoms with van der Waals surface area (Å²) in [4.78, 5) is 20.9. The molecule has 0 saturated heterocycles. The second-order valence-corrected chi connectivity index (χ2v) is 4.52. The third kappa shape index (κ3) is 2.14. The average Bonchev–Trinajstić information content (AvgIpc) is 2.88. The summed E-state index contributed by atoms with van der Waals surface area (Å²) in [6.07, 6.45) is 4.89. The van der Waals surface area contributed by atoms with Gasteiger partial charge in [-0.2, -0.15) is 0 Å². The Hall–Kier alpha value is -2.69. The number of aromatic nitrogens is 4. The van der Waals surface area contributed by atoms with Gasteiger partial charge in [0.2, 0.25) is 0 Å². The van der Waals surface area contributed by atoms with E-state index in [1.807, 2.05) is 30.3 Å². The van der Waals surface area contributed by atoms with E-state index in [1.54, 1.807) is 27.9 Å². The number of imidazole rings is 1. The second kappa shape index (κ2) is 5.13. The quantitative estimate of drug-likeness (QED) is 0.677. The number of hydrogen-bond acceptors (Lipinski definition) is 3. The van der Waals surface area contributed by atoms with Gasteiger partial charge in [0.1, 0.15) is 6.33 Å². The van der Waals surface area contributed by atoms with E-state index in [0.717, 1.165) is 5.56 Å². The lowest BCUT2D eigenvalue weighted by molar-refractivity contribution is 0.737. The first kappa shape index (κ1) is 12.3. The number of hydrogen-bond donors (Lipinski definition) is 0. The lowest BCUT2D eigenvalue weighted by Crippen LogP contribution is -2.22. The van der Waals surface area contributed by atoms with Crippen LogP contribution in [0, 0.1) is 0 Å². The Morgan fingerprint density at radius 1 is 1.10 bits per heavy atom. The zero-order valence-electron chi connectivity index (χ0n) is 10.9. The molecule has 0 saturated carbocycles. The van der Waals surface area contributed by atoms with Crippen LogP contribution >= 0.6 is 0 Å². The van der Waals surface area contributed by atoms with E-state index >= 15 is 0 Å². The molecule has 0 aliphatic carbocycles. The third-order valence-electron chi connectivity index (χ3n) is 3.12. The number of fused-ring (bicyclic) bond motifs is 1. The molecule has 0 atom stereocenters. The van der Waals surface area contributed by atoms with E-state index in [9.17, 15) is 4.79 Å². The Morgan fingerprint density at radius 2 is 1.80 bits per heavy atom. The maximum atomic E-state index is 12.5. The van der Waals surface area contributed by atoms with Crippen LogP contribution in [0.2, 0.25) is 0 Å². The van der Waals surface area contributed by atoms with Gasteiger partial charge < -0.3 is 4.57 Å². The molecule has 0 fully saturated rings. The van der Waals surface area contributed by atoms with Crippen LogP contribution in [0.15, 0.2) is 60.4 Å². The van der Waals surface area contributed by atoms with E-state index in [1.165, 1.54) is 0 Å². The van der Waals surface area contributed by atoms with Crippen LogP contribution in [0.3, 0.4) is 0 Å². The van der Waals surface area contributed by atoms with Crippen molar-refractivity contribution in [3.8, 4) is 0 Å².